The lowest BCUT2D eigenvalue weighted by Crippen LogP contribution is -2.53. The van der Waals surface area contributed by atoms with Gasteiger partial charge in [0.15, 0.2) is 0 Å². The van der Waals surface area contributed by atoms with Crippen LogP contribution >= 0.6 is 0 Å². The zero-order chi connectivity index (χ0) is 9.35. The Bertz CT molecular complexity index is 146. The predicted octanol–water partition coefficient (Wildman–Crippen LogP) is 1.18. The molecule has 12 heavy (non-hydrogen) atoms. The van der Waals surface area contributed by atoms with E-state index >= 15 is 0 Å². The third-order valence-electron chi connectivity index (χ3n) is 3.10. The number of rotatable bonds is 2. The Morgan fingerprint density at radius 1 is 1.08 bits per heavy atom. The second-order valence-corrected chi connectivity index (χ2v) is 5.15. The van der Waals surface area contributed by atoms with E-state index in [2.05, 4.69) is 40.1 Å². The van der Waals surface area contributed by atoms with Gasteiger partial charge < -0.3 is 9.38 Å². The Morgan fingerprint density at radius 3 is 2.00 bits per heavy atom. The summed E-state index contributed by atoms with van der Waals surface area (Å²) in [4.78, 5) is 2.39. The molecular weight excluding hydrogens is 148 g/mol. The Morgan fingerprint density at radius 2 is 1.67 bits per heavy atom. The number of nitrogens with zero attached hydrogens (tertiary/aromatic N) is 2. The zero-order valence-corrected chi connectivity index (χ0v) is 9.17. The molecule has 1 aliphatic carbocycles. The van der Waals surface area contributed by atoms with Crippen molar-refractivity contribution in [3.05, 3.63) is 0 Å². The van der Waals surface area contributed by atoms with Gasteiger partial charge in [0.05, 0.1) is 27.2 Å². The topological polar surface area (TPSA) is 3.24 Å². The molecular formula is C10H23N2+. The van der Waals surface area contributed by atoms with Gasteiger partial charge in [-0.25, -0.2) is 0 Å². The SMILES string of the molecule is CN(C)[C@@H]1CCC[C@H]1[N+](C)(C)C. The van der Waals surface area contributed by atoms with E-state index < -0.39 is 0 Å². The van der Waals surface area contributed by atoms with E-state index in [0.717, 1.165) is 16.6 Å². The highest BCUT2D eigenvalue weighted by atomic mass is 15.3. The molecule has 1 fully saturated rings. The minimum Gasteiger partial charge on any atom is -0.327 e. The van der Waals surface area contributed by atoms with Crippen LogP contribution in [0.15, 0.2) is 0 Å². The summed E-state index contributed by atoms with van der Waals surface area (Å²) >= 11 is 0. The summed E-state index contributed by atoms with van der Waals surface area (Å²) in [7, 11) is 11.3. The molecule has 72 valence electrons. The summed E-state index contributed by atoms with van der Waals surface area (Å²) in [6.45, 7) is 0. The summed E-state index contributed by atoms with van der Waals surface area (Å²) in [5.41, 5.74) is 0. The van der Waals surface area contributed by atoms with Crippen molar-refractivity contribution in [2.75, 3.05) is 35.2 Å². The second kappa shape index (κ2) is 3.35. The van der Waals surface area contributed by atoms with Crippen molar-refractivity contribution in [2.45, 2.75) is 31.3 Å². The summed E-state index contributed by atoms with van der Waals surface area (Å²) in [6.07, 6.45) is 4.18. The number of hydrogen-bond donors (Lipinski definition) is 0. The van der Waals surface area contributed by atoms with Crippen molar-refractivity contribution in [2.24, 2.45) is 0 Å². The van der Waals surface area contributed by atoms with Gasteiger partial charge in [-0.2, -0.15) is 0 Å². The molecule has 0 aliphatic heterocycles. The molecule has 1 saturated carbocycles. The quantitative estimate of drug-likeness (QED) is 0.564. The molecule has 0 amide bonds. The minimum absolute atomic E-state index is 0.796. The number of likely N-dealkylation sites (N-methyl/N-ethyl adjacent to an activating group) is 2. The summed E-state index contributed by atoms with van der Waals surface area (Å²) in [6, 6.07) is 1.63. The van der Waals surface area contributed by atoms with E-state index in [1.807, 2.05) is 0 Å². The van der Waals surface area contributed by atoms with Crippen molar-refractivity contribution in [3.63, 3.8) is 0 Å². The van der Waals surface area contributed by atoms with Gasteiger partial charge in [-0.15, -0.1) is 0 Å². The normalized spacial score (nSPS) is 31.5. The van der Waals surface area contributed by atoms with Gasteiger partial charge in [0.1, 0.15) is 6.04 Å². The fourth-order valence-corrected chi connectivity index (χ4v) is 2.43. The lowest BCUT2D eigenvalue weighted by atomic mass is 10.1. The summed E-state index contributed by atoms with van der Waals surface area (Å²) in [5, 5.41) is 0. The number of hydrogen-bond acceptors (Lipinski definition) is 1. The van der Waals surface area contributed by atoms with Crippen molar-refractivity contribution in [1.82, 2.24) is 4.90 Å². The smallest absolute Gasteiger partial charge is 0.104 e. The Hall–Kier alpha value is -0.0800. The van der Waals surface area contributed by atoms with Gasteiger partial charge in [0.25, 0.3) is 0 Å². The average molecular weight is 171 g/mol. The Balaban J connectivity index is 2.64. The molecule has 0 unspecified atom stereocenters. The molecule has 0 radical (unpaired) electrons. The van der Waals surface area contributed by atoms with Crippen LogP contribution in [0.4, 0.5) is 0 Å². The van der Waals surface area contributed by atoms with Crippen LogP contribution < -0.4 is 0 Å². The minimum atomic E-state index is 0.796. The van der Waals surface area contributed by atoms with Crippen LogP contribution in [0.3, 0.4) is 0 Å². The molecule has 0 N–H and O–H groups in total. The lowest BCUT2D eigenvalue weighted by molar-refractivity contribution is -0.897. The largest absolute Gasteiger partial charge is 0.327 e. The van der Waals surface area contributed by atoms with Crippen LogP contribution in [0.5, 0.6) is 0 Å². The zero-order valence-electron chi connectivity index (χ0n) is 9.17. The van der Waals surface area contributed by atoms with Gasteiger partial charge in [-0.05, 0) is 26.9 Å². The first-order valence-electron chi connectivity index (χ1n) is 4.90. The van der Waals surface area contributed by atoms with Crippen molar-refractivity contribution in [3.8, 4) is 0 Å². The van der Waals surface area contributed by atoms with Crippen LogP contribution in [-0.4, -0.2) is 56.7 Å². The molecule has 2 atom stereocenters. The Labute approximate surface area is 76.7 Å². The summed E-state index contributed by atoms with van der Waals surface area (Å²) < 4.78 is 1.11. The monoisotopic (exact) mass is 171 g/mol. The van der Waals surface area contributed by atoms with Gasteiger partial charge in [-0.3, -0.25) is 0 Å². The van der Waals surface area contributed by atoms with E-state index in [0.29, 0.717) is 0 Å². The fourth-order valence-electron chi connectivity index (χ4n) is 2.43. The molecule has 0 heterocycles. The number of quaternary nitrogens is 1. The van der Waals surface area contributed by atoms with Crippen LogP contribution in [0.2, 0.25) is 0 Å². The van der Waals surface area contributed by atoms with E-state index in [1.165, 1.54) is 19.3 Å². The van der Waals surface area contributed by atoms with Gasteiger partial charge in [-0.1, -0.05) is 0 Å². The first kappa shape index (κ1) is 10.0. The first-order chi connectivity index (χ1) is 5.43. The maximum atomic E-state index is 2.39. The molecule has 0 saturated heterocycles. The van der Waals surface area contributed by atoms with Crippen molar-refractivity contribution >= 4 is 0 Å². The van der Waals surface area contributed by atoms with Gasteiger partial charge >= 0.3 is 0 Å². The van der Waals surface area contributed by atoms with Crippen molar-refractivity contribution < 1.29 is 4.48 Å². The maximum absolute atomic E-state index is 2.39. The second-order valence-electron chi connectivity index (χ2n) is 5.15. The molecule has 1 rings (SSSR count). The molecule has 0 aromatic rings. The van der Waals surface area contributed by atoms with Gasteiger partial charge in [0.2, 0.25) is 0 Å². The molecule has 2 nitrogen and oxygen atoms in total. The summed E-state index contributed by atoms with van der Waals surface area (Å²) in [5.74, 6) is 0. The van der Waals surface area contributed by atoms with Crippen LogP contribution in [-0.2, 0) is 0 Å². The first-order valence-corrected chi connectivity index (χ1v) is 4.90. The highest BCUT2D eigenvalue weighted by molar-refractivity contribution is 4.83. The molecule has 0 aromatic heterocycles. The fraction of sp³-hybridized carbons (Fsp3) is 1.00. The van der Waals surface area contributed by atoms with Crippen LogP contribution in [0.1, 0.15) is 19.3 Å². The third-order valence-corrected chi connectivity index (χ3v) is 3.10. The average Bonchev–Trinajstić information content (AvgIpc) is 2.30. The van der Waals surface area contributed by atoms with E-state index in [9.17, 15) is 0 Å². The molecule has 0 spiro atoms. The van der Waals surface area contributed by atoms with Crippen LogP contribution in [0.25, 0.3) is 0 Å². The molecule has 1 aliphatic rings. The van der Waals surface area contributed by atoms with E-state index in [1.54, 1.807) is 0 Å². The van der Waals surface area contributed by atoms with E-state index in [4.69, 9.17) is 0 Å². The molecule has 0 bridgehead atoms. The third kappa shape index (κ3) is 1.99. The maximum Gasteiger partial charge on any atom is 0.104 e. The predicted molar refractivity (Wildman–Crippen MR) is 53.1 cm³/mol. The molecule has 0 aromatic carbocycles. The van der Waals surface area contributed by atoms with E-state index in [-0.39, 0.29) is 0 Å². The van der Waals surface area contributed by atoms with Crippen molar-refractivity contribution in [1.29, 1.82) is 0 Å². The molecule has 2 heteroatoms. The van der Waals surface area contributed by atoms with Crippen LogP contribution in [0, 0.1) is 0 Å². The Kier molecular flexibility index (Phi) is 2.79. The highest BCUT2D eigenvalue weighted by Crippen LogP contribution is 2.28. The highest BCUT2D eigenvalue weighted by Gasteiger charge is 2.37. The van der Waals surface area contributed by atoms with Gasteiger partial charge in [0, 0.05) is 6.42 Å². The standard InChI is InChI=1S/C10H23N2/c1-11(2)9-7-6-8-10(9)12(3,4)5/h9-10H,6-8H2,1-5H3/q+1/t9-,10-/m1/s1. The lowest BCUT2D eigenvalue weighted by Gasteiger charge is -2.37.